The van der Waals surface area contributed by atoms with Gasteiger partial charge < -0.3 is 40.5 Å². The molecule has 6 radical (unpaired) electrons. The fourth-order valence-electron chi connectivity index (χ4n) is 0. The van der Waals surface area contributed by atoms with Gasteiger partial charge in [0.1, 0.15) is 0 Å². The van der Waals surface area contributed by atoms with Gasteiger partial charge in [-0.15, -0.1) is 0 Å². The third kappa shape index (κ3) is 255. The van der Waals surface area contributed by atoms with Crippen LogP contribution in [0.15, 0.2) is 0 Å². The van der Waals surface area contributed by atoms with Crippen LogP contribution < -0.4 is 0 Å². The zero-order valence-electron chi connectivity index (χ0n) is 3.75. The van der Waals surface area contributed by atoms with Gasteiger partial charge in [0.2, 0.25) is 0 Å². The van der Waals surface area contributed by atoms with Gasteiger partial charge in [0.05, 0.1) is 0 Å². The quantitative estimate of drug-likeness (QED) is 0.536. The molecular weight excluding hydrogens is 264 g/mol. The van der Waals surface area contributed by atoms with Gasteiger partial charge >= 0.3 is 34.1 Å². The summed E-state index contributed by atoms with van der Waals surface area (Å²) in [5, 5.41) is 0. The van der Waals surface area contributed by atoms with Gasteiger partial charge in [-0.3, -0.25) is 9.59 Å². The van der Waals surface area contributed by atoms with Crippen molar-refractivity contribution in [2.75, 3.05) is 0 Å². The smallest absolute Gasteiger partial charge is 2.00 e. The van der Waals surface area contributed by atoms with E-state index in [0.29, 0.717) is 0 Å². The van der Waals surface area contributed by atoms with Crippen molar-refractivity contribution in [2.45, 2.75) is 0 Å². The van der Waals surface area contributed by atoms with E-state index < -0.39 is 0 Å². The van der Waals surface area contributed by atoms with Crippen LogP contribution in [0.2, 0.25) is 0 Å². The second-order valence-corrected chi connectivity index (χ2v) is 0. The van der Waals surface area contributed by atoms with Gasteiger partial charge in [-0.05, 0) is 0 Å². The van der Waals surface area contributed by atoms with Crippen LogP contribution in [-0.4, -0.2) is 13.6 Å². The molecule has 0 saturated heterocycles. The maximum atomic E-state index is 7.50. The molecule has 0 N–H and O–H groups in total. The van der Waals surface area contributed by atoms with Gasteiger partial charge in [0.15, 0.2) is 0 Å². The topological polar surface area (TPSA) is 34.1 Å². The summed E-state index contributed by atoms with van der Waals surface area (Å²) in [6.07, 6.45) is 0. The maximum Gasteiger partial charge on any atom is 3.00 e. The van der Waals surface area contributed by atoms with Crippen LogP contribution in [0.25, 0.3) is 0 Å². The van der Waals surface area contributed by atoms with E-state index in [0.717, 1.165) is 0 Å². The summed E-state index contributed by atoms with van der Waals surface area (Å²) in [7, 11) is 0. The molecular formula is C2Fe2O2S3. The Bertz CT molecular complexity index is 19.8. The third-order valence-electron chi connectivity index (χ3n) is 0. The van der Waals surface area contributed by atoms with Gasteiger partial charge in [-0.25, -0.2) is 0 Å². The summed E-state index contributed by atoms with van der Waals surface area (Å²) >= 11 is 0. The first-order valence-corrected chi connectivity index (χ1v) is 0.408. The first-order chi connectivity index (χ1) is 2.00. The van der Waals surface area contributed by atoms with Crippen LogP contribution in [0.5, 0.6) is 0 Å². The Morgan fingerprint density at radius 3 is 0.556 bits per heavy atom. The Morgan fingerprint density at radius 1 is 0.556 bits per heavy atom. The average Bonchev–Trinajstić information content (AvgIpc) is 1.50. The van der Waals surface area contributed by atoms with E-state index in [9.17, 15) is 0 Å². The largest absolute Gasteiger partial charge is 3.00 e. The fourth-order valence-corrected chi connectivity index (χ4v) is 0. The molecule has 0 saturated carbocycles. The first-order valence-electron chi connectivity index (χ1n) is 0.408. The standard InChI is InChI=1S/2CO.2Fe.3S/c2*1-2;;;;;/q;;2*+3;3*-2. The minimum atomic E-state index is 0. The molecule has 0 unspecified atom stereocenters. The summed E-state index contributed by atoms with van der Waals surface area (Å²) in [6, 6.07) is 0. The normalized spacial score (nSPS) is 0.889. The Hall–Kier alpha value is 1.43. The molecule has 9 heavy (non-hydrogen) atoms. The van der Waals surface area contributed by atoms with Crippen LogP contribution >= 0.6 is 0 Å². The second kappa shape index (κ2) is 328. The molecule has 2 nitrogen and oxygen atoms in total. The van der Waals surface area contributed by atoms with Crippen LogP contribution in [0, 0.1) is 0 Å². The first kappa shape index (κ1) is 78.9. The van der Waals surface area contributed by atoms with E-state index in [1.54, 1.807) is 0 Å². The molecule has 0 fully saturated rings. The number of rotatable bonds is 0. The van der Waals surface area contributed by atoms with Gasteiger partial charge in [0.25, 0.3) is 13.6 Å². The van der Waals surface area contributed by atoms with Gasteiger partial charge in [-0.2, -0.15) is 0 Å². The molecule has 0 aliphatic rings. The van der Waals surface area contributed by atoms with Crippen molar-refractivity contribution in [2.24, 2.45) is 0 Å². The summed E-state index contributed by atoms with van der Waals surface area (Å²) in [5.41, 5.74) is 0. The van der Waals surface area contributed by atoms with Crippen molar-refractivity contribution in [3.05, 3.63) is 0 Å². The van der Waals surface area contributed by atoms with Gasteiger partial charge in [0, 0.05) is 0 Å². The van der Waals surface area contributed by atoms with Crippen molar-refractivity contribution in [1.29, 1.82) is 0 Å². The molecule has 0 aliphatic heterocycles. The van der Waals surface area contributed by atoms with Crippen LogP contribution in [0.3, 0.4) is 0 Å². The molecule has 0 aromatic carbocycles. The SMILES string of the molecule is [C]=O.[C]=O.[Fe+3].[Fe+3].[S-2].[S-2].[S-2]. The van der Waals surface area contributed by atoms with E-state index in [4.69, 9.17) is 9.59 Å². The maximum absolute atomic E-state index is 7.50. The Balaban J connectivity index is -0.00000000114. The number of hydrogen-bond acceptors (Lipinski definition) is 2. The van der Waals surface area contributed by atoms with E-state index in [2.05, 4.69) is 13.6 Å². The van der Waals surface area contributed by atoms with Crippen molar-refractivity contribution in [1.82, 2.24) is 0 Å². The van der Waals surface area contributed by atoms with Crippen molar-refractivity contribution >= 4 is 54.1 Å². The minimum Gasteiger partial charge on any atom is -2.00 e. The molecule has 0 bridgehead atoms. The molecule has 0 atom stereocenters. The zero-order valence-corrected chi connectivity index (χ0v) is 8.41. The molecule has 0 aromatic rings. The third-order valence-corrected chi connectivity index (χ3v) is 0. The fraction of sp³-hybridized carbons (Fsp3) is 0. The molecule has 7 heteroatoms. The summed E-state index contributed by atoms with van der Waals surface area (Å²) in [5.74, 6) is 0. The molecule has 0 rings (SSSR count). The van der Waals surface area contributed by atoms with E-state index in [-0.39, 0.29) is 74.6 Å². The Kier molecular flexibility index (Phi) is 2870. The monoisotopic (exact) mass is 264 g/mol. The van der Waals surface area contributed by atoms with Crippen LogP contribution in [0.4, 0.5) is 0 Å². The molecule has 0 spiro atoms. The van der Waals surface area contributed by atoms with Crippen LogP contribution in [-0.2, 0) is 84.2 Å². The second-order valence-electron chi connectivity index (χ2n) is 0. The zero-order chi connectivity index (χ0) is 4.00. The minimum absolute atomic E-state index is 0. The van der Waals surface area contributed by atoms with E-state index in [1.165, 1.54) is 0 Å². The molecule has 0 heterocycles. The van der Waals surface area contributed by atoms with E-state index >= 15 is 0 Å². The van der Waals surface area contributed by atoms with Crippen molar-refractivity contribution < 1.29 is 43.7 Å². The Labute approximate surface area is 97.2 Å². The summed E-state index contributed by atoms with van der Waals surface area (Å²) in [4.78, 5) is 15.0. The van der Waals surface area contributed by atoms with E-state index in [1.807, 2.05) is 0 Å². The van der Waals surface area contributed by atoms with Crippen LogP contribution in [0.1, 0.15) is 0 Å². The molecule has 54 valence electrons. The average molecular weight is 264 g/mol. The molecule has 0 aliphatic carbocycles. The summed E-state index contributed by atoms with van der Waals surface area (Å²) < 4.78 is 0. The molecule has 0 aromatic heterocycles. The predicted molar refractivity (Wildman–Crippen MR) is 33.5 cm³/mol. The van der Waals surface area contributed by atoms with Crippen molar-refractivity contribution in [3.8, 4) is 0 Å². The predicted octanol–water partition coefficient (Wildman–Crippen LogP) is -0.806. The molecule has 0 amide bonds. The number of carbonyl (C=O) groups excluding carboxylic acids is 2. The summed E-state index contributed by atoms with van der Waals surface area (Å²) in [6.45, 7) is 9.00. The van der Waals surface area contributed by atoms with Crippen molar-refractivity contribution in [3.63, 3.8) is 0 Å². The number of hydrogen-bond donors (Lipinski definition) is 0. The Morgan fingerprint density at radius 2 is 0.556 bits per heavy atom. The van der Waals surface area contributed by atoms with Gasteiger partial charge in [-0.1, -0.05) is 0 Å².